The summed E-state index contributed by atoms with van der Waals surface area (Å²) in [6.07, 6.45) is 11.1. The highest BCUT2D eigenvalue weighted by molar-refractivity contribution is 5.80. The van der Waals surface area contributed by atoms with Gasteiger partial charge in [0.05, 0.1) is 0 Å². The molecule has 3 rings (SSSR count). The molecule has 1 aliphatic carbocycles. The van der Waals surface area contributed by atoms with E-state index in [1.165, 1.54) is 30.2 Å². The van der Waals surface area contributed by atoms with Gasteiger partial charge in [0.15, 0.2) is 0 Å². The van der Waals surface area contributed by atoms with E-state index in [4.69, 9.17) is 5.11 Å². The predicted molar refractivity (Wildman–Crippen MR) is 85.1 cm³/mol. The van der Waals surface area contributed by atoms with Crippen molar-refractivity contribution in [3.05, 3.63) is 30.1 Å². The van der Waals surface area contributed by atoms with Gasteiger partial charge in [-0.2, -0.15) is 0 Å². The fourth-order valence-corrected chi connectivity index (χ4v) is 2.80. The Hall–Kier alpha value is -1.39. The number of hydrogen-bond acceptors (Lipinski definition) is 3. The van der Waals surface area contributed by atoms with Crippen molar-refractivity contribution in [1.82, 2.24) is 14.9 Å². The van der Waals surface area contributed by atoms with Crippen molar-refractivity contribution in [2.45, 2.75) is 57.7 Å². The second kappa shape index (κ2) is 7.05. The molecule has 114 valence electrons. The number of nitrogens with zero attached hydrogens (tertiary/aromatic N) is 2. The summed E-state index contributed by atoms with van der Waals surface area (Å²) in [7, 11) is 0. The van der Waals surface area contributed by atoms with Crippen LogP contribution in [0, 0.1) is 0 Å². The molecule has 0 atom stereocenters. The summed E-state index contributed by atoms with van der Waals surface area (Å²) in [5.74, 6) is 0. The van der Waals surface area contributed by atoms with Gasteiger partial charge in [0.2, 0.25) is 0 Å². The Bertz CT molecular complexity index is 574. The van der Waals surface area contributed by atoms with Gasteiger partial charge < -0.3 is 15.0 Å². The molecule has 0 spiro atoms. The number of unbranched alkanes of at least 4 members (excludes halogenated alkanes) is 3. The molecule has 1 saturated carbocycles. The molecule has 21 heavy (non-hydrogen) atoms. The average molecular weight is 287 g/mol. The Balaban J connectivity index is 1.65. The highest BCUT2D eigenvalue weighted by Gasteiger charge is 2.20. The zero-order chi connectivity index (χ0) is 14.5. The molecule has 0 unspecified atom stereocenters. The SMILES string of the molecule is OCCCCCCn1cc(CNC2CC2)c2cccnc21. The minimum absolute atomic E-state index is 0.311. The molecule has 2 N–H and O–H groups in total. The number of aryl methyl sites for hydroxylation is 1. The van der Waals surface area contributed by atoms with E-state index in [1.54, 1.807) is 0 Å². The predicted octanol–water partition coefficient (Wildman–Crippen LogP) is 2.84. The van der Waals surface area contributed by atoms with Crippen LogP contribution in [0.2, 0.25) is 0 Å². The quantitative estimate of drug-likeness (QED) is 0.697. The molecular weight excluding hydrogens is 262 g/mol. The lowest BCUT2D eigenvalue weighted by molar-refractivity contribution is 0.282. The summed E-state index contributed by atoms with van der Waals surface area (Å²) in [5, 5.41) is 13.7. The fourth-order valence-electron chi connectivity index (χ4n) is 2.80. The molecule has 2 aromatic heterocycles. The molecular formula is C17H25N3O. The number of aromatic nitrogens is 2. The van der Waals surface area contributed by atoms with Crippen LogP contribution in [0.4, 0.5) is 0 Å². The van der Waals surface area contributed by atoms with Crippen molar-refractivity contribution >= 4 is 11.0 Å². The maximum Gasteiger partial charge on any atom is 0.140 e. The molecule has 2 heterocycles. The lowest BCUT2D eigenvalue weighted by Gasteiger charge is -2.04. The molecule has 0 saturated heterocycles. The highest BCUT2D eigenvalue weighted by atomic mass is 16.2. The summed E-state index contributed by atoms with van der Waals surface area (Å²) in [6, 6.07) is 4.93. The van der Waals surface area contributed by atoms with Crippen LogP contribution in [0.15, 0.2) is 24.5 Å². The van der Waals surface area contributed by atoms with Crippen molar-refractivity contribution in [2.24, 2.45) is 0 Å². The van der Waals surface area contributed by atoms with E-state index in [0.717, 1.165) is 44.0 Å². The number of rotatable bonds is 9. The highest BCUT2D eigenvalue weighted by Crippen LogP contribution is 2.23. The summed E-state index contributed by atoms with van der Waals surface area (Å²) in [6.45, 7) is 2.28. The third-order valence-corrected chi connectivity index (χ3v) is 4.18. The van der Waals surface area contributed by atoms with Crippen molar-refractivity contribution < 1.29 is 5.11 Å². The first-order valence-electron chi connectivity index (χ1n) is 8.15. The first-order chi connectivity index (χ1) is 10.4. The second-order valence-electron chi connectivity index (χ2n) is 6.02. The largest absolute Gasteiger partial charge is 0.396 e. The van der Waals surface area contributed by atoms with E-state index in [1.807, 2.05) is 12.3 Å². The maximum atomic E-state index is 8.81. The van der Waals surface area contributed by atoms with Crippen molar-refractivity contribution in [3.8, 4) is 0 Å². The van der Waals surface area contributed by atoms with Crippen LogP contribution in [0.25, 0.3) is 11.0 Å². The van der Waals surface area contributed by atoms with Gasteiger partial charge in [-0.1, -0.05) is 12.8 Å². The van der Waals surface area contributed by atoms with E-state index < -0.39 is 0 Å². The van der Waals surface area contributed by atoms with E-state index >= 15 is 0 Å². The maximum absolute atomic E-state index is 8.81. The number of pyridine rings is 1. The van der Waals surface area contributed by atoms with Crippen LogP contribution in [-0.2, 0) is 13.1 Å². The topological polar surface area (TPSA) is 50.1 Å². The van der Waals surface area contributed by atoms with E-state index in [2.05, 4.69) is 27.1 Å². The van der Waals surface area contributed by atoms with Gasteiger partial charge in [0.25, 0.3) is 0 Å². The molecule has 0 aromatic carbocycles. The Labute approximate surface area is 126 Å². The molecule has 0 amide bonds. The molecule has 0 radical (unpaired) electrons. The van der Waals surface area contributed by atoms with Gasteiger partial charge in [0.1, 0.15) is 5.65 Å². The zero-order valence-corrected chi connectivity index (χ0v) is 12.6. The molecule has 1 fully saturated rings. The van der Waals surface area contributed by atoms with Gasteiger partial charge in [-0.25, -0.2) is 4.98 Å². The second-order valence-corrected chi connectivity index (χ2v) is 6.02. The van der Waals surface area contributed by atoms with Crippen LogP contribution in [-0.4, -0.2) is 27.3 Å². The van der Waals surface area contributed by atoms with Gasteiger partial charge in [-0.15, -0.1) is 0 Å². The fraction of sp³-hybridized carbons (Fsp3) is 0.588. The minimum Gasteiger partial charge on any atom is -0.396 e. The van der Waals surface area contributed by atoms with Crippen molar-refractivity contribution in [1.29, 1.82) is 0 Å². The Morgan fingerprint density at radius 2 is 2.10 bits per heavy atom. The molecule has 2 aromatic rings. The lowest BCUT2D eigenvalue weighted by atomic mass is 10.2. The molecule has 0 bridgehead atoms. The van der Waals surface area contributed by atoms with E-state index in [0.29, 0.717) is 6.61 Å². The first kappa shape index (κ1) is 14.5. The third-order valence-electron chi connectivity index (χ3n) is 4.18. The van der Waals surface area contributed by atoms with E-state index in [9.17, 15) is 0 Å². The van der Waals surface area contributed by atoms with Gasteiger partial charge in [0, 0.05) is 43.5 Å². The number of nitrogens with one attached hydrogen (secondary N) is 1. The molecule has 0 aliphatic heterocycles. The summed E-state index contributed by atoms with van der Waals surface area (Å²) in [4.78, 5) is 4.55. The first-order valence-corrected chi connectivity index (χ1v) is 8.15. The minimum atomic E-state index is 0.311. The number of hydrogen-bond donors (Lipinski definition) is 2. The normalized spacial score (nSPS) is 14.9. The van der Waals surface area contributed by atoms with E-state index in [-0.39, 0.29) is 0 Å². The zero-order valence-electron chi connectivity index (χ0n) is 12.6. The third kappa shape index (κ3) is 3.83. The van der Waals surface area contributed by atoms with Crippen LogP contribution < -0.4 is 5.32 Å². The Morgan fingerprint density at radius 3 is 2.90 bits per heavy atom. The molecule has 4 nitrogen and oxygen atoms in total. The molecule has 1 aliphatic rings. The monoisotopic (exact) mass is 287 g/mol. The summed E-state index contributed by atoms with van der Waals surface area (Å²) >= 11 is 0. The van der Waals surface area contributed by atoms with Crippen molar-refractivity contribution in [3.63, 3.8) is 0 Å². The van der Waals surface area contributed by atoms with Gasteiger partial charge in [-0.05, 0) is 43.4 Å². The number of aliphatic hydroxyl groups is 1. The standard InChI is InChI=1S/C17H25N3O/c21-11-4-2-1-3-10-20-13-14(12-19-15-7-8-15)16-6-5-9-18-17(16)20/h5-6,9,13,15,19,21H,1-4,7-8,10-12H2. The van der Waals surface area contributed by atoms with Crippen LogP contribution in [0.5, 0.6) is 0 Å². The van der Waals surface area contributed by atoms with Gasteiger partial charge >= 0.3 is 0 Å². The van der Waals surface area contributed by atoms with Crippen LogP contribution >= 0.6 is 0 Å². The summed E-state index contributed by atoms with van der Waals surface area (Å²) < 4.78 is 2.29. The Morgan fingerprint density at radius 1 is 1.24 bits per heavy atom. The van der Waals surface area contributed by atoms with Gasteiger partial charge in [-0.3, -0.25) is 0 Å². The Kier molecular flexibility index (Phi) is 4.88. The smallest absolute Gasteiger partial charge is 0.140 e. The lowest BCUT2D eigenvalue weighted by Crippen LogP contribution is -2.14. The number of fused-ring (bicyclic) bond motifs is 1. The van der Waals surface area contributed by atoms with Crippen molar-refractivity contribution in [2.75, 3.05) is 6.61 Å². The van der Waals surface area contributed by atoms with Crippen LogP contribution in [0.3, 0.4) is 0 Å². The van der Waals surface area contributed by atoms with Crippen LogP contribution in [0.1, 0.15) is 44.1 Å². The molecule has 4 heteroatoms. The number of aliphatic hydroxyl groups excluding tert-OH is 1. The summed E-state index contributed by atoms with van der Waals surface area (Å²) in [5.41, 5.74) is 2.47. The average Bonchev–Trinajstić information content (AvgIpc) is 3.28.